The maximum absolute atomic E-state index is 5.79. The van der Waals surface area contributed by atoms with Crippen LogP contribution in [0.5, 0.6) is 0 Å². The highest BCUT2D eigenvalue weighted by Gasteiger charge is 2.26. The van der Waals surface area contributed by atoms with Crippen molar-refractivity contribution in [2.75, 3.05) is 23.9 Å². The van der Waals surface area contributed by atoms with Crippen molar-refractivity contribution < 1.29 is 4.74 Å². The third-order valence-corrected chi connectivity index (χ3v) is 3.19. The summed E-state index contributed by atoms with van der Waals surface area (Å²) in [4.78, 5) is 6.36. The molecule has 0 amide bonds. The number of anilines is 1. The van der Waals surface area contributed by atoms with Gasteiger partial charge in [-0.2, -0.15) is 4.37 Å². The van der Waals surface area contributed by atoms with Crippen LogP contribution in [-0.4, -0.2) is 40.5 Å². The van der Waals surface area contributed by atoms with Crippen LogP contribution >= 0.6 is 23.1 Å². The molecule has 2 heterocycles. The van der Waals surface area contributed by atoms with Gasteiger partial charge in [0.2, 0.25) is 5.13 Å². The predicted octanol–water partition coefficient (Wildman–Crippen LogP) is 1.37. The highest BCUT2D eigenvalue weighted by Crippen LogP contribution is 2.21. The minimum absolute atomic E-state index is 0.101. The molecule has 0 radical (unpaired) electrons. The molecule has 1 aromatic heterocycles. The molecule has 1 aliphatic rings. The lowest BCUT2D eigenvalue weighted by molar-refractivity contribution is -0.00333. The van der Waals surface area contributed by atoms with Crippen molar-refractivity contribution in [2.24, 2.45) is 0 Å². The summed E-state index contributed by atoms with van der Waals surface area (Å²) in [6.45, 7) is 3.72. The quantitative estimate of drug-likeness (QED) is 0.724. The molecule has 0 bridgehead atoms. The molecule has 1 saturated heterocycles. The third-order valence-electron chi connectivity index (χ3n) is 2.12. The van der Waals surface area contributed by atoms with Crippen LogP contribution in [0.1, 0.15) is 6.92 Å². The number of aromatic nitrogens is 2. The van der Waals surface area contributed by atoms with Gasteiger partial charge in [-0.1, -0.05) is 0 Å². The van der Waals surface area contributed by atoms with E-state index in [2.05, 4.69) is 14.3 Å². The van der Waals surface area contributed by atoms with E-state index >= 15 is 0 Å². The molecule has 78 valence electrons. The Balaban J connectivity index is 2.05. The van der Waals surface area contributed by atoms with E-state index < -0.39 is 0 Å². The normalized spacial score (nSPS) is 28.0. The fourth-order valence-corrected chi connectivity index (χ4v) is 2.31. The van der Waals surface area contributed by atoms with Gasteiger partial charge in [-0.05, 0) is 6.92 Å². The van der Waals surface area contributed by atoms with E-state index in [0.29, 0.717) is 5.88 Å². The maximum Gasteiger partial charge on any atom is 0.205 e. The first-order valence-corrected chi connectivity index (χ1v) is 5.83. The van der Waals surface area contributed by atoms with Crippen molar-refractivity contribution in [2.45, 2.75) is 19.1 Å². The molecule has 1 aliphatic heterocycles. The molecular formula is C8H12ClN3OS. The average Bonchev–Trinajstić information content (AvgIpc) is 2.69. The summed E-state index contributed by atoms with van der Waals surface area (Å²) >= 11 is 7.20. The highest BCUT2D eigenvalue weighted by molar-refractivity contribution is 7.09. The summed E-state index contributed by atoms with van der Waals surface area (Å²) in [6, 6.07) is 0. The number of hydrogen-bond acceptors (Lipinski definition) is 5. The zero-order chi connectivity index (χ0) is 9.97. The molecule has 2 atom stereocenters. The zero-order valence-corrected chi connectivity index (χ0v) is 9.46. The van der Waals surface area contributed by atoms with Crippen molar-refractivity contribution in [1.29, 1.82) is 0 Å². The lowest BCUT2D eigenvalue weighted by atomic mass is 10.2. The van der Waals surface area contributed by atoms with Crippen LogP contribution in [0.3, 0.4) is 0 Å². The van der Waals surface area contributed by atoms with Gasteiger partial charge in [-0.15, -0.1) is 11.6 Å². The van der Waals surface area contributed by atoms with Gasteiger partial charge in [0.05, 0.1) is 18.1 Å². The smallest absolute Gasteiger partial charge is 0.205 e. The number of ether oxygens (including phenoxy) is 1. The van der Waals surface area contributed by atoms with Gasteiger partial charge in [0.25, 0.3) is 0 Å². The summed E-state index contributed by atoms with van der Waals surface area (Å²) < 4.78 is 9.63. The molecule has 0 N–H and O–H groups in total. The van der Waals surface area contributed by atoms with Crippen LogP contribution in [0.15, 0.2) is 6.33 Å². The molecule has 0 aliphatic carbocycles. The topological polar surface area (TPSA) is 38.2 Å². The van der Waals surface area contributed by atoms with Gasteiger partial charge in [0.1, 0.15) is 6.33 Å². The second-order valence-electron chi connectivity index (χ2n) is 3.35. The monoisotopic (exact) mass is 233 g/mol. The summed E-state index contributed by atoms with van der Waals surface area (Å²) in [7, 11) is 0. The van der Waals surface area contributed by atoms with Gasteiger partial charge in [0, 0.05) is 24.6 Å². The Kier molecular flexibility index (Phi) is 3.20. The SMILES string of the molecule is CC1CN(c2ncns2)CC(CCl)O1. The van der Waals surface area contributed by atoms with Gasteiger partial charge < -0.3 is 9.64 Å². The minimum atomic E-state index is 0.101. The maximum atomic E-state index is 5.79. The van der Waals surface area contributed by atoms with Gasteiger partial charge >= 0.3 is 0 Å². The van der Waals surface area contributed by atoms with E-state index in [1.54, 1.807) is 6.33 Å². The molecule has 1 fully saturated rings. The number of halogens is 1. The Hall–Kier alpha value is -0.390. The lowest BCUT2D eigenvalue weighted by Gasteiger charge is -2.35. The molecule has 0 spiro atoms. The van der Waals surface area contributed by atoms with Crippen LogP contribution in [0.4, 0.5) is 5.13 Å². The minimum Gasteiger partial charge on any atom is -0.370 e. The molecule has 0 aromatic carbocycles. The molecule has 1 aromatic rings. The number of morpholine rings is 1. The standard InChI is InChI=1S/C8H12ClN3OS/c1-6-3-12(4-7(2-9)13-6)8-10-5-11-14-8/h5-7H,2-4H2,1H3. The fourth-order valence-electron chi connectivity index (χ4n) is 1.59. The summed E-state index contributed by atoms with van der Waals surface area (Å²) in [5, 5.41) is 0.954. The first-order chi connectivity index (χ1) is 6.79. The van der Waals surface area contributed by atoms with E-state index in [-0.39, 0.29) is 12.2 Å². The summed E-state index contributed by atoms with van der Waals surface area (Å²) in [5.74, 6) is 0.527. The van der Waals surface area contributed by atoms with Crippen molar-refractivity contribution in [3.63, 3.8) is 0 Å². The second kappa shape index (κ2) is 4.42. The number of hydrogen-bond donors (Lipinski definition) is 0. The van der Waals surface area contributed by atoms with Crippen LogP contribution in [-0.2, 0) is 4.74 Å². The van der Waals surface area contributed by atoms with Crippen LogP contribution in [0, 0.1) is 0 Å². The predicted molar refractivity (Wildman–Crippen MR) is 57.2 cm³/mol. The molecule has 4 nitrogen and oxygen atoms in total. The van der Waals surface area contributed by atoms with Gasteiger partial charge in [-0.3, -0.25) is 0 Å². The molecule has 14 heavy (non-hydrogen) atoms. The lowest BCUT2D eigenvalue weighted by Crippen LogP contribution is -2.47. The zero-order valence-electron chi connectivity index (χ0n) is 7.89. The Labute approximate surface area is 92.0 Å². The molecule has 0 saturated carbocycles. The van der Waals surface area contributed by atoms with Crippen molar-refractivity contribution >= 4 is 28.3 Å². The molecular weight excluding hydrogens is 222 g/mol. The van der Waals surface area contributed by atoms with Crippen molar-refractivity contribution in [3.8, 4) is 0 Å². The molecule has 2 rings (SSSR count). The van der Waals surface area contributed by atoms with Crippen molar-refractivity contribution in [3.05, 3.63) is 6.33 Å². The summed E-state index contributed by atoms with van der Waals surface area (Å²) in [6.07, 6.45) is 1.89. The summed E-state index contributed by atoms with van der Waals surface area (Å²) in [5.41, 5.74) is 0. The van der Waals surface area contributed by atoms with E-state index in [4.69, 9.17) is 16.3 Å². The number of nitrogens with zero attached hydrogens (tertiary/aromatic N) is 3. The number of alkyl halides is 1. The Bertz CT molecular complexity index is 282. The fraction of sp³-hybridized carbons (Fsp3) is 0.750. The largest absolute Gasteiger partial charge is 0.370 e. The second-order valence-corrected chi connectivity index (χ2v) is 4.42. The van der Waals surface area contributed by atoms with E-state index in [9.17, 15) is 0 Å². The van der Waals surface area contributed by atoms with Crippen molar-refractivity contribution in [1.82, 2.24) is 9.36 Å². The molecule has 2 unspecified atom stereocenters. The third kappa shape index (κ3) is 2.16. The number of rotatable bonds is 2. The average molecular weight is 234 g/mol. The first kappa shape index (κ1) is 10.1. The van der Waals surface area contributed by atoms with Crippen LogP contribution in [0.2, 0.25) is 0 Å². The van der Waals surface area contributed by atoms with Crippen LogP contribution in [0.25, 0.3) is 0 Å². The van der Waals surface area contributed by atoms with E-state index in [1.807, 2.05) is 6.92 Å². The van der Waals surface area contributed by atoms with Gasteiger partial charge in [-0.25, -0.2) is 4.98 Å². The van der Waals surface area contributed by atoms with Gasteiger partial charge in [0.15, 0.2) is 0 Å². The molecule has 6 heteroatoms. The van der Waals surface area contributed by atoms with Crippen LogP contribution < -0.4 is 4.90 Å². The Morgan fingerprint density at radius 1 is 1.71 bits per heavy atom. The highest BCUT2D eigenvalue weighted by atomic mass is 35.5. The van der Waals surface area contributed by atoms with E-state index in [0.717, 1.165) is 18.2 Å². The first-order valence-electron chi connectivity index (χ1n) is 4.52. The van der Waals surface area contributed by atoms with E-state index in [1.165, 1.54) is 11.5 Å². The Morgan fingerprint density at radius 2 is 2.57 bits per heavy atom. The Morgan fingerprint density at radius 3 is 3.21 bits per heavy atom.